The molecule has 2 aliphatic rings. The molecule has 2 aromatic carbocycles. The molecule has 260 valence electrons. The highest BCUT2D eigenvalue weighted by atomic mass is 16.6. The second kappa shape index (κ2) is 15.2. The molecule has 1 saturated heterocycles. The number of amides is 4. The average Bonchev–Trinajstić information content (AvgIpc) is 3.63. The van der Waals surface area contributed by atoms with E-state index in [1.807, 2.05) is 48.5 Å². The van der Waals surface area contributed by atoms with Gasteiger partial charge in [0.2, 0.25) is 17.7 Å². The molecule has 0 unspecified atom stereocenters. The molecule has 4 amide bonds. The van der Waals surface area contributed by atoms with Crippen LogP contribution < -0.4 is 10.6 Å². The molecule has 3 N–H and O–H groups in total. The predicted molar refractivity (Wildman–Crippen MR) is 179 cm³/mol. The number of carbonyl (C=O) groups is 5. The van der Waals surface area contributed by atoms with Crippen LogP contribution in [0.2, 0.25) is 0 Å². The Kier molecular flexibility index (Phi) is 11.5. The van der Waals surface area contributed by atoms with Crippen LogP contribution in [0.3, 0.4) is 0 Å². The number of nitrogens with zero attached hydrogens (tertiary/aromatic N) is 2. The van der Waals surface area contributed by atoms with E-state index in [1.54, 1.807) is 34.6 Å². The van der Waals surface area contributed by atoms with E-state index in [0.717, 1.165) is 22.3 Å². The van der Waals surface area contributed by atoms with Crippen molar-refractivity contribution in [1.29, 1.82) is 0 Å². The summed E-state index contributed by atoms with van der Waals surface area (Å²) in [6, 6.07) is 12.5. The van der Waals surface area contributed by atoms with Gasteiger partial charge >= 0.3 is 12.1 Å². The maximum Gasteiger partial charge on any atom is 0.407 e. The summed E-state index contributed by atoms with van der Waals surface area (Å²) in [5.41, 5.74) is 3.51. The van der Waals surface area contributed by atoms with Gasteiger partial charge in [0.1, 0.15) is 36.9 Å². The standard InChI is InChI=1S/C36H48N4O8/c1-21(2)30(34(45)40-18-12-17-28(40)33(44)39(7)19-29(42)48-36(4,5)6)37-32(43)31(22(3)41)38-35(46)47-20-27-25-15-10-8-13-23(25)24-14-9-11-16-26(24)27/h8-11,13-16,21-22,27-28,30-31,41H,12,17-20H2,1-7H3,(H,37,43)(H,38,46)/t22-,28+,30-,31+/m1/s1. The summed E-state index contributed by atoms with van der Waals surface area (Å²) >= 11 is 0. The molecule has 0 radical (unpaired) electrons. The normalized spacial score (nSPS) is 17.5. The van der Waals surface area contributed by atoms with Crippen molar-refractivity contribution in [2.45, 2.75) is 90.1 Å². The number of aliphatic hydroxyl groups excluding tert-OH is 1. The number of ether oxygens (including phenoxy) is 2. The van der Waals surface area contributed by atoms with E-state index >= 15 is 0 Å². The number of fused-ring (bicyclic) bond motifs is 3. The first-order valence-electron chi connectivity index (χ1n) is 16.5. The minimum absolute atomic E-state index is 0.0217. The lowest BCUT2D eigenvalue weighted by Gasteiger charge is -2.33. The van der Waals surface area contributed by atoms with Crippen molar-refractivity contribution in [3.8, 4) is 11.1 Å². The third-order valence-electron chi connectivity index (χ3n) is 8.60. The number of nitrogens with one attached hydrogen (secondary N) is 2. The van der Waals surface area contributed by atoms with Crippen LogP contribution in [-0.2, 0) is 28.7 Å². The topological polar surface area (TPSA) is 155 Å². The van der Waals surface area contributed by atoms with Gasteiger partial charge in [0.05, 0.1) is 6.10 Å². The van der Waals surface area contributed by atoms with Crippen LogP contribution in [0.4, 0.5) is 4.79 Å². The SMILES string of the molecule is CC(C)[C@@H](NC(=O)[C@@H](NC(=O)OCC1c2ccccc2-c2ccccc21)[C@@H](C)O)C(=O)N1CCC[C@H]1C(=O)N(C)CC(=O)OC(C)(C)C. The zero-order chi connectivity index (χ0) is 35.3. The van der Waals surface area contributed by atoms with E-state index in [1.165, 1.54) is 23.8 Å². The van der Waals surface area contributed by atoms with Crippen molar-refractivity contribution < 1.29 is 38.6 Å². The molecular formula is C36H48N4O8. The summed E-state index contributed by atoms with van der Waals surface area (Å²) in [7, 11) is 1.48. The zero-order valence-corrected chi connectivity index (χ0v) is 28.8. The van der Waals surface area contributed by atoms with E-state index < -0.39 is 59.6 Å². The number of likely N-dealkylation sites (tertiary alicyclic amines) is 1. The number of likely N-dealkylation sites (N-methyl/N-ethyl adjacent to an activating group) is 1. The van der Waals surface area contributed by atoms with Crippen molar-refractivity contribution in [3.63, 3.8) is 0 Å². The number of alkyl carbamates (subject to hydrolysis) is 1. The van der Waals surface area contributed by atoms with E-state index in [4.69, 9.17) is 9.47 Å². The molecule has 12 heteroatoms. The van der Waals surface area contributed by atoms with Crippen LogP contribution >= 0.6 is 0 Å². The Morgan fingerprint density at radius 2 is 1.52 bits per heavy atom. The van der Waals surface area contributed by atoms with Gasteiger partial charge in [0.25, 0.3) is 0 Å². The molecule has 0 bridgehead atoms. The summed E-state index contributed by atoms with van der Waals surface area (Å²) in [6.45, 7) is 10.1. The van der Waals surface area contributed by atoms with Crippen molar-refractivity contribution in [2.75, 3.05) is 26.7 Å². The molecule has 0 saturated carbocycles. The average molecular weight is 665 g/mol. The van der Waals surface area contributed by atoms with Gasteiger partial charge in [-0.3, -0.25) is 19.2 Å². The molecule has 0 spiro atoms. The van der Waals surface area contributed by atoms with Crippen LogP contribution in [-0.4, -0.2) is 101 Å². The van der Waals surface area contributed by atoms with E-state index in [9.17, 15) is 29.1 Å². The third-order valence-corrected chi connectivity index (χ3v) is 8.60. The molecule has 1 fully saturated rings. The molecule has 2 aromatic rings. The third kappa shape index (κ3) is 8.52. The van der Waals surface area contributed by atoms with Gasteiger partial charge in [-0.15, -0.1) is 0 Å². The number of carbonyl (C=O) groups excluding carboxylic acids is 5. The van der Waals surface area contributed by atoms with Gasteiger partial charge in [0.15, 0.2) is 0 Å². The lowest BCUT2D eigenvalue weighted by atomic mass is 9.98. The van der Waals surface area contributed by atoms with Gasteiger partial charge in [0, 0.05) is 19.5 Å². The number of hydrogen-bond donors (Lipinski definition) is 3. The van der Waals surface area contributed by atoms with E-state index in [-0.39, 0.29) is 25.0 Å². The molecule has 4 rings (SSSR count). The van der Waals surface area contributed by atoms with Crippen molar-refractivity contribution in [1.82, 2.24) is 20.4 Å². The Balaban J connectivity index is 1.38. The van der Waals surface area contributed by atoms with Gasteiger partial charge in [-0.05, 0) is 68.7 Å². The highest BCUT2D eigenvalue weighted by molar-refractivity contribution is 5.95. The van der Waals surface area contributed by atoms with Crippen LogP contribution in [0.5, 0.6) is 0 Å². The summed E-state index contributed by atoms with van der Waals surface area (Å²) in [6.07, 6.45) is -1.22. The van der Waals surface area contributed by atoms with Gasteiger partial charge in [-0.25, -0.2) is 4.79 Å². The van der Waals surface area contributed by atoms with E-state index in [2.05, 4.69) is 10.6 Å². The molecule has 1 heterocycles. The number of aliphatic hydroxyl groups is 1. The first-order chi connectivity index (χ1) is 22.6. The molecule has 48 heavy (non-hydrogen) atoms. The fourth-order valence-corrected chi connectivity index (χ4v) is 6.29. The molecular weight excluding hydrogens is 616 g/mol. The van der Waals surface area contributed by atoms with Crippen molar-refractivity contribution in [2.24, 2.45) is 5.92 Å². The first kappa shape index (κ1) is 36.4. The fraction of sp³-hybridized carbons (Fsp3) is 0.528. The number of benzene rings is 2. The maximum absolute atomic E-state index is 13.8. The summed E-state index contributed by atoms with van der Waals surface area (Å²) in [5, 5.41) is 15.6. The smallest absolute Gasteiger partial charge is 0.407 e. The molecule has 4 atom stereocenters. The molecule has 0 aromatic heterocycles. The zero-order valence-electron chi connectivity index (χ0n) is 28.8. The highest BCUT2D eigenvalue weighted by Crippen LogP contribution is 2.44. The summed E-state index contributed by atoms with van der Waals surface area (Å²) < 4.78 is 10.9. The predicted octanol–water partition coefficient (Wildman–Crippen LogP) is 3.21. The highest BCUT2D eigenvalue weighted by Gasteiger charge is 2.41. The molecule has 1 aliphatic carbocycles. The lowest BCUT2D eigenvalue weighted by molar-refractivity contribution is -0.159. The molecule has 1 aliphatic heterocycles. The van der Waals surface area contributed by atoms with Crippen LogP contribution in [0.1, 0.15) is 71.4 Å². The Bertz CT molecular complexity index is 1470. The van der Waals surface area contributed by atoms with Crippen LogP contribution in [0, 0.1) is 5.92 Å². The second-order valence-electron chi connectivity index (χ2n) is 13.9. The van der Waals surface area contributed by atoms with Crippen LogP contribution in [0.15, 0.2) is 48.5 Å². The lowest BCUT2D eigenvalue weighted by Crippen LogP contribution is -2.60. The maximum atomic E-state index is 13.8. The van der Waals surface area contributed by atoms with Crippen molar-refractivity contribution >= 4 is 29.8 Å². The number of rotatable bonds is 11. The molecule has 12 nitrogen and oxygen atoms in total. The Morgan fingerprint density at radius 1 is 0.938 bits per heavy atom. The van der Waals surface area contributed by atoms with Gasteiger partial charge < -0.3 is 35.0 Å². The monoisotopic (exact) mass is 664 g/mol. The Morgan fingerprint density at radius 3 is 2.06 bits per heavy atom. The fourth-order valence-electron chi connectivity index (χ4n) is 6.29. The van der Waals surface area contributed by atoms with E-state index in [0.29, 0.717) is 19.4 Å². The quantitative estimate of drug-likeness (QED) is 0.310. The first-order valence-corrected chi connectivity index (χ1v) is 16.5. The number of esters is 1. The summed E-state index contributed by atoms with van der Waals surface area (Å²) in [5.74, 6) is -2.78. The van der Waals surface area contributed by atoms with Crippen LogP contribution in [0.25, 0.3) is 11.1 Å². The Hall–Kier alpha value is -4.45. The number of hydrogen-bond acceptors (Lipinski definition) is 8. The summed E-state index contributed by atoms with van der Waals surface area (Å²) in [4.78, 5) is 68.6. The van der Waals surface area contributed by atoms with Gasteiger partial charge in [-0.1, -0.05) is 62.4 Å². The van der Waals surface area contributed by atoms with Gasteiger partial charge in [-0.2, -0.15) is 0 Å². The van der Waals surface area contributed by atoms with Crippen molar-refractivity contribution in [3.05, 3.63) is 59.7 Å². The Labute approximate surface area is 282 Å². The minimum atomic E-state index is -1.41. The largest absolute Gasteiger partial charge is 0.459 e. The minimum Gasteiger partial charge on any atom is -0.459 e. The second-order valence-corrected chi connectivity index (χ2v) is 13.9.